The van der Waals surface area contributed by atoms with E-state index < -0.39 is 0 Å². The number of fused-ring (bicyclic) bond motifs is 1. The SMILES string of the molecule is OCc1cn(C[C@H]2CCCN(Cc3ccc4c(c3)OCCO4)C2)nn1. The number of nitrogens with zero attached hydrogens (tertiary/aromatic N) is 4. The molecule has 2 aliphatic rings. The van der Waals surface area contributed by atoms with Crippen molar-refractivity contribution in [2.24, 2.45) is 5.92 Å². The number of benzene rings is 1. The molecule has 1 atom stereocenters. The largest absolute Gasteiger partial charge is 0.486 e. The van der Waals surface area contributed by atoms with Gasteiger partial charge in [0.05, 0.1) is 12.8 Å². The normalized spacial score (nSPS) is 20.6. The minimum absolute atomic E-state index is 0.0547. The van der Waals surface area contributed by atoms with Gasteiger partial charge >= 0.3 is 0 Å². The van der Waals surface area contributed by atoms with E-state index in [9.17, 15) is 0 Å². The summed E-state index contributed by atoms with van der Waals surface area (Å²) in [6.45, 7) is 5.13. The summed E-state index contributed by atoms with van der Waals surface area (Å²) in [7, 11) is 0. The van der Waals surface area contributed by atoms with E-state index in [0.717, 1.165) is 37.7 Å². The molecule has 0 bridgehead atoms. The third kappa shape index (κ3) is 3.93. The van der Waals surface area contributed by atoms with Gasteiger partial charge in [-0.3, -0.25) is 9.58 Å². The third-order valence-electron chi connectivity index (χ3n) is 4.81. The number of aromatic nitrogens is 3. The molecule has 2 aliphatic heterocycles. The summed E-state index contributed by atoms with van der Waals surface area (Å²) in [6.07, 6.45) is 4.22. The number of ether oxygens (including phenoxy) is 2. The lowest BCUT2D eigenvalue weighted by Gasteiger charge is -2.32. The van der Waals surface area contributed by atoms with Crippen LogP contribution >= 0.6 is 0 Å². The maximum atomic E-state index is 9.10. The molecular formula is C18H24N4O3. The van der Waals surface area contributed by atoms with E-state index in [1.165, 1.54) is 18.4 Å². The van der Waals surface area contributed by atoms with Crippen LogP contribution in [-0.2, 0) is 19.7 Å². The zero-order valence-electron chi connectivity index (χ0n) is 14.3. The van der Waals surface area contributed by atoms with Crippen LogP contribution in [0.5, 0.6) is 11.5 Å². The summed E-state index contributed by atoms with van der Waals surface area (Å²) in [5.74, 6) is 2.26. The van der Waals surface area contributed by atoms with Gasteiger partial charge in [0.25, 0.3) is 0 Å². The van der Waals surface area contributed by atoms with Crippen molar-refractivity contribution in [2.45, 2.75) is 32.5 Å². The first-order valence-corrected chi connectivity index (χ1v) is 8.91. The molecule has 1 fully saturated rings. The number of hydrogen-bond acceptors (Lipinski definition) is 6. The maximum Gasteiger partial charge on any atom is 0.161 e. The molecule has 25 heavy (non-hydrogen) atoms. The Morgan fingerprint density at radius 2 is 2.08 bits per heavy atom. The number of piperidine rings is 1. The van der Waals surface area contributed by atoms with E-state index in [2.05, 4.69) is 27.3 Å². The Morgan fingerprint density at radius 3 is 2.92 bits per heavy atom. The van der Waals surface area contributed by atoms with Gasteiger partial charge in [-0.15, -0.1) is 5.10 Å². The van der Waals surface area contributed by atoms with Gasteiger partial charge in [0.2, 0.25) is 0 Å². The smallest absolute Gasteiger partial charge is 0.161 e. The molecule has 134 valence electrons. The Bertz CT molecular complexity index is 718. The number of likely N-dealkylation sites (tertiary alicyclic amines) is 1. The van der Waals surface area contributed by atoms with Crippen molar-refractivity contribution in [3.8, 4) is 11.5 Å². The Morgan fingerprint density at radius 1 is 1.20 bits per heavy atom. The molecule has 0 spiro atoms. The van der Waals surface area contributed by atoms with E-state index in [1.807, 2.05) is 16.9 Å². The van der Waals surface area contributed by atoms with E-state index in [1.54, 1.807) is 0 Å². The number of hydrogen-bond donors (Lipinski definition) is 1. The lowest BCUT2D eigenvalue weighted by atomic mass is 9.97. The van der Waals surface area contributed by atoms with Crippen molar-refractivity contribution < 1.29 is 14.6 Å². The highest BCUT2D eigenvalue weighted by Crippen LogP contribution is 2.31. The first-order valence-electron chi connectivity index (χ1n) is 8.91. The molecule has 0 radical (unpaired) electrons. The van der Waals surface area contributed by atoms with Crippen molar-refractivity contribution in [3.05, 3.63) is 35.7 Å². The molecule has 0 saturated carbocycles. The average Bonchev–Trinajstić information content (AvgIpc) is 3.09. The van der Waals surface area contributed by atoms with Crippen LogP contribution < -0.4 is 9.47 Å². The van der Waals surface area contributed by atoms with Crippen LogP contribution in [0.25, 0.3) is 0 Å². The molecule has 0 unspecified atom stereocenters. The fraction of sp³-hybridized carbons (Fsp3) is 0.556. The number of aliphatic hydroxyl groups excluding tert-OH is 1. The molecule has 1 saturated heterocycles. The van der Waals surface area contributed by atoms with Gasteiger partial charge in [-0.2, -0.15) is 0 Å². The van der Waals surface area contributed by atoms with Crippen molar-refractivity contribution in [1.29, 1.82) is 0 Å². The van der Waals surface area contributed by atoms with Gasteiger partial charge in [-0.1, -0.05) is 11.3 Å². The van der Waals surface area contributed by atoms with E-state index in [0.29, 0.717) is 24.8 Å². The Labute approximate surface area is 147 Å². The molecule has 7 nitrogen and oxygen atoms in total. The van der Waals surface area contributed by atoms with Crippen molar-refractivity contribution >= 4 is 0 Å². The van der Waals surface area contributed by atoms with Crippen LogP contribution in [0.15, 0.2) is 24.4 Å². The highest BCUT2D eigenvalue weighted by molar-refractivity contribution is 5.43. The molecule has 3 heterocycles. The van der Waals surface area contributed by atoms with Gasteiger partial charge in [-0.25, -0.2) is 0 Å². The standard InChI is InChI=1S/C18H24N4O3/c23-13-16-12-22(20-19-16)11-15-2-1-5-21(10-15)9-14-3-4-17-18(8-14)25-7-6-24-17/h3-4,8,12,15,23H,1-2,5-7,9-11,13H2/t15-/m0/s1. The first-order chi connectivity index (χ1) is 12.3. The lowest BCUT2D eigenvalue weighted by molar-refractivity contribution is 0.151. The molecule has 4 rings (SSSR count). The third-order valence-corrected chi connectivity index (χ3v) is 4.81. The second-order valence-corrected chi connectivity index (χ2v) is 6.81. The van der Waals surface area contributed by atoms with Crippen molar-refractivity contribution in [1.82, 2.24) is 19.9 Å². The van der Waals surface area contributed by atoms with Crippen LogP contribution in [0.2, 0.25) is 0 Å². The van der Waals surface area contributed by atoms with Gasteiger partial charge in [0.15, 0.2) is 11.5 Å². The maximum absolute atomic E-state index is 9.10. The quantitative estimate of drug-likeness (QED) is 0.885. The summed E-state index contributed by atoms with van der Waals surface area (Å²) < 4.78 is 13.1. The molecule has 0 amide bonds. The van der Waals surface area contributed by atoms with E-state index in [-0.39, 0.29) is 6.61 Å². The molecule has 2 aromatic rings. The highest BCUT2D eigenvalue weighted by Gasteiger charge is 2.21. The number of rotatable bonds is 5. The summed E-state index contributed by atoms with van der Waals surface area (Å²) in [4.78, 5) is 2.49. The summed E-state index contributed by atoms with van der Waals surface area (Å²) in [5.41, 5.74) is 1.89. The second kappa shape index (κ2) is 7.41. The summed E-state index contributed by atoms with van der Waals surface area (Å²) in [6, 6.07) is 6.24. The fourth-order valence-corrected chi connectivity index (χ4v) is 3.65. The predicted octanol–water partition coefficient (Wildman–Crippen LogP) is 1.45. The van der Waals surface area contributed by atoms with Gasteiger partial charge in [0, 0.05) is 19.6 Å². The van der Waals surface area contributed by atoms with Gasteiger partial charge < -0.3 is 14.6 Å². The zero-order chi connectivity index (χ0) is 17.1. The minimum Gasteiger partial charge on any atom is -0.486 e. The lowest BCUT2D eigenvalue weighted by Crippen LogP contribution is -2.36. The average molecular weight is 344 g/mol. The topological polar surface area (TPSA) is 72.6 Å². The molecule has 1 aromatic carbocycles. The molecular weight excluding hydrogens is 320 g/mol. The van der Waals surface area contributed by atoms with Crippen LogP contribution in [0.1, 0.15) is 24.1 Å². The Balaban J connectivity index is 1.36. The fourth-order valence-electron chi connectivity index (χ4n) is 3.65. The molecule has 1 aromatic heterocycles. The number of aliphatic hydroxyl groups is 1. The Hall–Kier alpha value is -2.12. The monoisotopic (exact) mass is 344 g/mol. The first kappa shape index (κ1) is 16.4. The van der Waals surface area contributed by atoms with Crippen LogP contribution in [-0.4, -0.2) is 51.3 Å². The van der Waals surface area contributed by atoms with E-state index in [4.69, 9.17) is 14.6 Å². The minimum atomic E-state index is -0.0547. The summed E-state index contributed by atoms with van der Waals surface area (Å²) in [5, 5.41) is 17.2. The van der Waals surface area contributed by atoms with Crippen LogP contribution in [0.3, 0.4) is 0 Å². The van der Waals surface area contributed by atoms with Gasteiger partial charge in [0.1, 0.15) is 18.9 Å². The zero-order valence-corrected chi connectivity index (χ0v) is 14.3. The highest BCUT2D eigenvalue weighted by atomic mass is 16.6. The Kier molecular flexibility index (Phi) is 4.85. The predicted molar refractivity (Wildman–Crippen MR) is 91.4 cm³/mol. The molecule has 1 N–H and O–H groups in total. The van der Waals surface area contributed by atoms with Crippen LogP contribution in [0, 0.1) is 5.92 Å². The van der Waals surface area contributed by atoms with Crippen molar-refractivity contribution in [3.63, 3.8) is 0 Å². The van der Waals surface area contributed by atoms with Gasteiger partial charge in [-0.05, 0) is 43.0 Å². The molecule has 7 heteroatoms. The van der Waals surface area contributed by atoms with Crippen molar-refractivity contribution in [2.75, 3.05) is 26.3 Å². The van der Waals surface area contributed by atoms with E-state index >= 15 is 0 Å². The second-order valence-electron chi connectivity index (χ2n) is 6.81. The summed E-state index contributed by atoms with van der Waals surface area (Å²) >= 11 is 0. The van der Waals surface area contributed by atoms with Crippen LogP contribution in [0.4, 0.5) is 0 Å². The molecule has 0 aliphatic carbocycles.